The first-order valence-corrected chi connectivity index (χ1v) is 7.72. The number of halogens is 1. The average molecular weight is 337 g/mol. The van der Waals surface area contributed by atoms with Gasteiger partial charge in [0, 0.05) is 26.6 Å². The maximum Gasteiger partial charge on any atom is 0.246 e. The lowest BCUT2D eigenvalue weighted by molar-refractivity contribution is -0.117. The van der Waals surface area contributed by atoms with Gasteiger partial charge in [-0.25, -0.2) is 0 Å². The Hall–Kier alpha value is -1.17. The van der Waals surface area contributed by atoms with Crippen molar-refractivity contribution in [3.63, 3.8) is 0 Å². The average Bonchev–Trinajstić information content (AvgIpc) is 2.99. The number of benzene rings is 1. The Balaban J connectivity index is 1.86. The molecule has 3 rings (SSSR count). The summed E-state index contributed by atoms with van der Waals surface area (Å²) < 4.78 is 0.985. The zero-order chi connectivity index (χ0) is 13.4. The van der Waals surface area contributed by atoms with Crippen molar-refractivity contribution in [2.45, 2.75) is 19.0 Å². The first kappa shape index (κ1) is 12.8. The number of hydrogen-bond acceptors (Lipinski definition) is 3. The van der Waals surface area contributed by atoms with E-state index in [-0.39, 0.29) is 18.0 Å². The molecular weight excluding hydrogens is 324 g/mol. The van der Waals surface area contributed by atoms with Gasteiger partial charge in [-0.15, -0.1) is 11.3 Å². The van der Waals surface area contributed by atoms with Crippen LogP contribution in [0.5, 0.6) is 0 Å². The summed E-state index contributed by atoms with van der Waals surface area (Å²) in [6.07, 6.45) is 0. The van der Waals surface area contributed by atoms with Crippen molar-refractivity contribution in [2.75, 3.05) is 5.32 Å². The standard InChI is InChI=1S/C14H13BrN2OS/c1-8(12-3-2-6-19-12)16-13-10-7-9(15)4-5-11(10)17-14(13)18/h2-8,13,16H,1H3,(H,17,18). The number of amides is 1. The fraction of sp³-hybridized carbons (Fsp3) is 0.214. The van der Waals surface area contributed by atoms with E-state index in [1.165, 1.54) is 4.88 Å². The van der Waals surface area contributed by atoms with E-state index < -0.39 is 0 Å². The van der Waals surface area contributed by atoms with Gasteiger partial charge in [0.2, 0.25) is 5.91 Å². The van der Waals surface area contributed by atoms with Crippen LogP contribution >= 0.6 is 27.3 Å². The Kier molecular flexibility index (Phi) is 3.43. The number of hydrogen-bond donors (Lipinski definition) is 2. The van der Waals surface area contributed by atoms with Crippen molar-refractivity contribution in [3.8, 4) is 0 Å². The Morgan fingerprint density at radius 2 is 2.26 bits per heavy atom. The molecule has 1 aliphatic rings. The molecule has 19 heavy (non-hydrogen) atoms. The molecule has 0 spiro atoms. The fourth-order valence-electron chi connectivity index (χ4n) is 2.27. The van der Waals surface area contributed by atoms with Gasteiger partial charge < -0.3 is 5.32 Å². The molecule has 0 radical (unpaired) electrons. The van der Waals surface area contributed by atoms with Crippen LogP contribution in [0.2, 0.25) is 0 Å². The third-order valence-electron chi connectivity index (χ3n) is 3.23. The van der Waals surface area contributed by atoms with Crippen LogP contribution in [0.15, 0.2) is 40.2 Å². The van der Waals surface area contributed by atoms with Gasteiger partial charge in [0.1, 0.15) is 6.04 Å². The van der Waals surface area contributed by atoms with Crippen LogP contribution < -0.4 is 10.6 Å². The smallest absolute Gasteiger partial charge is 0.246 e. The van der Waals surface area contributed by atoms with Gasteiger partial charge in [-0.2, -0.15) is 0 Å². The SMILES string of the molecule is CC(NC1C(=O)Nc2ccc(Br)cc21)c1cccs1. The molecule has 1 aromatic carbocycles. The monoisotopic (exact) mass is 336 g/mol. The van der Waals surface area contributed by atoms with Gasteiger partial charge in [-0.3, -0.25) is 10.1 Å². The van der Waals surface area contributed by atoms with Crippen LogP contribution in [-0.4, -0.2) is 5.91 Å². The van der Waals surface area contributed by atoms with Crippen LogP contribution in [0.1, 0.15) is 29.4 Å². The summed E-state index contributed by atoms with van der Waals surface area (Å²) >= 11 is 5.15. The quantitative estimate of drug-likeness (QED) is 0.893. The van der Waals surface area contributed by atoms with E-state index in [0.29, 0.717) is 0 Å². The number of carbonyl (C=O) groups excluding carboxylic acids is 1. The second-order valence-electron chi connectivity index (χ2n) is 4.56. The number of nitrogens with one attached hydrogen (secondary N) is 2. The first-order chi connectivity index (χ1) is 9.15. The van der Waals surface area contributed by atoms with E-state index >= 15 is 0 Å². The molecule has 98 valence electrons. The molecule has 5 heteroatoms. The van der Waals surface area contributed by atoms with Crippen LogP contribution in [0.3, 0.4) is 0 Å². The minimum atomic E-state index is -0.287. The van der Waals surface area contributed by atoms with Crippen LogP contribution in [-0.2, 0) is 4.79 Å². The van der Waals surface area contributed by atoms with E-state index in [1.54, 1.807) is 11.3 Å². The van der Waals surface area contributed by atoms with Gasteiger partial charge in [0.05, 0.1) is 0 Å². The molecule has 0 aliphatic carbocycles. The largest absolute Gasteiger partial charge is 0.324 e. The topological polar surface area (TPSA) is 41.1 Å². The summed E-state index contributed by atoms with van der Waals surface area (Å²) in [5.74, 6) is 0.0107. The number of thiophene rings is 1. The summed E-state index contributed by atoms with van der Waals surface area (Å²) in [7, 11) is 0. The van der Waals surface area contributed by atoms with Crippen molar-refractivity contribution < 1.29 is 4.79 Å². The molecule has 0 bridgehead atoms. The summed E-state index contributed by atoms with van der Waals surface area (Å²) in [6, 6.07) is 9.82. The van der Waals surface area contributed by atoms with Crippen molar-refractivity contribution in [3.05, 3.63) is 50.6 Å². The minimum absolute atomic E-state index is 0.0107. The molecule has 0 saturated heterocycles. The van der Waals surface area contributed by atoms with Crippen LogP contribution in [0, 0.1) is 0 Å². The molecule has 1 aromatic heterocycles. The summed E-state index contributed by atoms with van der Waals surface area (Å²) in [6.45, 7) is 2.08. The van der Waals surface area contributed by atoms with Crippen LogP contribution in [0.4, 0.5) is 5.69 Å². The van der Waals surface area contributed by atoms with E-state index in [1.807, 2.05) is 29.6 Å². The Labute approximate surface area is 124 Å². The lowest BCUT2D eigenvalue weighted by atomic mass is 10.1. The Bertz CT molecular complexity index is 612. The highest BCUT2D eigenvalue weighted by atomic mass is 79.9. The van der Waals surface area contributed by atoms with Crippen molar-refractivity contribution in [1.82, 2.24) is 5.32 Å². The predicted octanol–water partition coefficient (Wildman–Crippen LogP) is 3.85. The zero-order valence-electron chi connectivity index (χ0n) is 10.3. The second-order valence-corrected chi connectivity index (χ2v) is 6.45. The number of rotatable bonds is 3. The van der Waals surface area contributed by atoms with Crippen molar-refractivity contribution in [1.29, 1.82) is 0 Å². The van der Waals surface area contributed by atoms with Crippen molar-refractivity contribution in [2.24, 2.45) is 0 Å². The third kappa shape index (κ3) is 2.45. The minimum Gasteiger partial charge on any atom is -0.324 e. The molecule has 2 aromatic rings. The fourth-order valence-corrected chi connectivity index (χ4v) is 3.39. The van der Waals surface area contributed by atoms with Gasteiger partial charge in [-0.1, -0.05) is 22.0 Å². The zero-order valence-corrected chi connectivity index (χ0v) is 12.7. The maximum absolute atomic E-state index is 12.1. The molecule has 2 heterocycles. The highest BCUT2D eigenvalue weighted by molar-refractivity contribution is 9.10. The van der Waals surface area contributed by atoms with Gasteiger partial charge >= 0.3 is 0 Å². The molecule has 0 fully saturated rings. The van der Waals surface area contributed by atoms with Crippen molar-refractivity contribution >= 4 is 38.9 Å². The number of anilines is 1. The van der Waals surface area contributed by atoms with Crippen LogP contribution in [0.25, 0.3) is 0 Å². The van der Waals surface area contributed by atoms with Gasteiger partial charge in [0.15, 0.2) is 0 Å². The normalized spacial score (nSPS) is 19.1. The first-order valence-electron chi connectivity index (χ1n) is 6.05. The van der Waals surface area contributed by atoms with Gasteiger partial charge in [-0.05, 0) is 36.6 Å². The lowest BCUT2D eigenvalue weighted by Crippen LogP contribution is -2.29. The molecule has 2 unspecified atom stereocenters. The Morgan fingerprint density at radius 3 is 3.00 bits per heavy atom. The second kappa shape index (κ2) is 5.07. The summed E-state index contributed by atoms with van der Waals surface area (Å²) in [5, 5.41) is 8.35. The van der Waals surface area contributed by atoms with E-state index in [0.717, 1.165) is 15.7 Å². The summed E-state index contributed by atoms with van der Waals surface area (Å²) in [4.78, 5) is 13.3. The lowest BCUT2D eigenvalue weighted by Gasteiger charge is -2.17. The van der Waals surface area contributed by atoms with Gasteiger partial charge in [0.25, 0.3) is 0 Å². The highest BCUT2D eigenvalue weighted by Crippen LogP contribution is 2.34. The molecular formula is C14H13BrN2OS. The van der Waals surface area contributed by atoms with E-state index in [4.69, 9.17) is 0 Å². The summed E-state index contributed by atoms with van der Waals surface area (Å²) in [5.41, 5.74) is 1.90. The molecule has 3 nitrogen and oxygen atoms in total. The maximum atomic E-state index is 12.1. The third-order valence-corrected chi connectivity index (χ3v) is 4.78. The predicted molar refractivity (Wildman–Crippen MR) is 81.4 cm³/mol. The Morgan fingerprint density at radius 1 is 1.42 bits per heavy atom. The van der Waals surface area contributed by atoms with E-state index in [9.17, 15) is 4.79 Å². The molecule has 1 aliphatic heterocycles. The molecule has 2 atom stereocenters. The number of carbonyl (C=O) groups is 1. The molecule has 1 amide bonds. The highest BCUT2D eigenvalue weighted by Gasteiger charge is 2.31. The molecule has 0 saturated carbocycles. The van der Waals surface area contributed by atoms with E-state index in [2.05, 4.69) is 39.6 Å². The molecule has 2 N–H and O–H groups in total. The number of fused-ring (bicyclic) bond motifs is 1.